The molecule has 0 atom stereocenters. The molecule has 0 saturated carbocycles. The summed E-state index contributed by atoms with van der Waals surface area (Å²) in [5.41, 5.74) is -1.45. The molecule has 1 aliphatic heterocycles. The molecule has 11 heteroatoms. The Morgan fingerprint density at radius 3 is 2.27 bits per heavy atom. The number of hydrogen-bond acceptors (Lipinski definition) is 6. The van der Waals surface area contributed by atoms with Crippen molar-refractivity contribution >= 4 is 11.6 Å². The number of nitrogens with zero attached hydrogens (tertiary/aromatic N) is 3. The number of rotatable bonds is 7. The van der Waals surface area contributed by atoms with Gasteiger partial charge in [-0.05, 0) is 42.0 Å². The topological polar surface area (TPSA) is 87.4 Å². The summed E-state index contributed by atoms with van der Waals surface area (Å²) in [4.78, 5) is 30.0. The van der Waals surface area contributed by atoms with E-state index in [1.807, 2.05) is 6.92 Å². The zero-order valence-electron chi connectivity index (χ0n) is 17.9. The zero-order valence-corrected chi connectivity index (χ0v) is 17.9. The Morgan fingerprint density at radius 1 is 1.09 bits per heavy atom. The van der Waals surface area contributed by atoms with Gasteiger partial charge in [-0.15, -0.1) is 0 Å². The van der Waals surface area contributed by atoms with Crippen LogP contribution in [0.2, 0.25) is 0 Å². The quantitative estimate of drug-likeness (QED) is 0.544. The van der Waals surface area contributed by atoms with Gasteiger partial charge in [0.1, 0.15) is 5.75 Å². The van der Waals surface area contributed by atoms with E-state index >= 15 is 0 Å². The van der Waals surface area contributed by atoms with Crippen LogP contribution in [0.1, 0.15) is 12.5 Å². The van der Waals surface area contributed by atoms with Crippen molar-refractivity contribution in [3.63, 3.8) is 0 Å². The van der Waals surface area contributed by atoms with Crippen molar-refractivity contribution in [1.29, 1.82) is 0 Å². The van der Waals surface area contributed by atoms with Gasteiger partial charge in [0.15, 0.2) is 17.5 Å². The highest BCUT2D eigenvalue weighted by Gasteiger charge is 2.35. The van der Waals surface area contributed by atoms with Crippen LogP contribution < -0.4 is 21.4 Å². The number of methoxy groups -OCH3 is 1. The Labute approximate surface area is 186 Å². The monoisotopic (exact) mass is 462 g/mol. The highest BCUT2D eigenvalue weighted by atomic mass is 19.2. The molecule has 1 N–H and O–H groups in total. The summed E-state index contributed by atoms with van der Waals surface area (Å²) >= 11 is 0. The van der Waals surface area contributed by atoms with Crippen molar-refractivity contribution in [3.8, 4) is 5.75 Å². The van der Waals surface area contributed by atoms with Crippen LogP contribution in [-0.2, 0) is 17.8 Å². The van der Waals surface area contributed by atoms with Gasteiger partial charge in [0.05, 0.1) is 26.9 Å². The number of halogens is 3. The summed E-state index contributed by atoms with van der Waals surface area (Å²) < 4.78 is 53.3. The molecular weight excluding hydrogens is 441 g/mol. The first kappa shape index (κ1) is 22.6. The number of nitrogens with one attached hydrogen (secondary N) is 1. The zero-order chi connectivity index (χ0) is 23.8. The summed E-state index contributed by atoms with van der Waals surface area (Å²) in [5.74, 6) is -3.92. The number of hydrogen-bond donors (Lipinski definition) is 1. The van der Waals surface area contributed by atoms with E-state index in [0.29, 0.717) is 24.7 Å². The third kappa shape index (κ3) is 4.63. The molecule has 4 rings (SSSR count). The summed E-state index contributed by atoms with van der Waals surface area (Å²) in [5, 5.41) is 2.88. The fourth-order valence-electron chi connectivity index (χ4n) is 3.51. The van der Waals surface area contributed by atoms with Crippen LogP contribution in [0.3, 0.4) is 0 Å². The molecule has 1 fully saturated rings. The minimum atomic E-state index is -1.61. The SMILES string of the molecule is COc1ccc(Nc2nc(=O)n(CC3(C)COC3)c(=O)n2Cc2cc(F)c(F)c(F)c2)cc1. The van der Waals surface area contributed by atoms with Gasteiger partial charge in [-0.25, -0.2) is 27.3 Å². The van der Waals surface area contributed by atoms with Crippen LogP contribution in [0.4, 0.5) is 24.8 Å². The van der Waals surface area contributed by atoms with Gasteiger partial charge >= 0.3 is 11.4 Å². The first-order valence-electron chi connectivity index (χ1n) is 10.0. The lowest BCUT2D eigenvalue weighted by Gasteiger charge is -2.38. The molecule has 1 saturated heterocycles. The molecule has 0 amide bonds. The minimum absolute atomic E-state index is 0.0172. The number of aromatic nitrogens is 3. The molecule has 3 aromatic rings. The summed E-state index contributed by atoms with van der Waals surface area (Å²) in [6, 6.07) is 8.19. The van der Waals surface area contributed by atoms with E-state index in [4.69, 9.17) is 9.47 Å². The van der Waals surface area contributed by atoms with Crippen LogP contribution in [0, 0.1) is 22.9 Å². The predicted molar refractivity (Wildman–Crippen MR) is 113 cm³/mol. The maximum absolute atomic E-state index is 13.8. The molecule has 8 nitrogen and oxygen atoms in total. The van der Waals surface area contributed by atoms with Gasteiger partial charge < -0.3 is 14.8 Å². The first-order chi connectivity index (χ1) is 15.7. The third-order valence-corrected chi connectivity index (χ3v) is 5.32. The largest absolute Gasteiger partial charge is 0.497 e. The molecular formula is C22H21F3N4O4. The summed E-state index contributed by atoms with van der Waals surface area (Å²) in [6.07, 6.45) is 0. The van der Waals surface area contributed by atoms with E-state index in [9.17, 15) is 22.8 Å². The molecule has 1 aliphatic rings. The Kier molecular flexibility index (Phi) is 5.98. The highest BCUT2D eigenvalue weighted by molar-refractivity contribution is 5.54. The van der Waals surface area contributed by atoms with E-state index < -0.39 is 34.2 Å². The molecule has 2 heterocycles. The van der Waals surface area contributed by atoms with E-state index in [2.05, 4.69) is 10.3 Å². The van der Waals surface area contributed by atoms with E-state index in [1.165, 1.54) is 7.11 Å². The van der Waals surface area contributed by atoms with Crippen LogP contribution in [-0.4, -0.2) is 34.4 Å². The van der Waals surface area contributed by atoms with Crippen molar-refractivity contribution in [1.82, 2.24) is 14.1 Å². The molecule has 1 aromatic heterocycles. The fraction of sp³-hybridized carbons (Fsp3) is 0.318. The van der Waals surface area contributed by atoms with E-state index in [0.717, 1.165) is 21.3 Å². The molecule has 0 aliphatic carbocycles. The number of ether oxygens (including phenoxy) is 2. The number of benzene rings is 2. The fourth-order valence-corrected chi connectivity index (χ4v) is 3.51. The van der Waals surface area contributed by atoms with Crippen molar-refractivity contribution < 1.29 is 22.6 Å². The van der Waals surface area contributed by atoms with E-state index in [1.54, 1.807) is 24.3 Å². The normalized spacial score (nSPS) is 14.6. The van der Waals surface area contributed by atoms with Crippen LogP contribution in [0.15, 0.2) is 46.0 Å². The molecule has 2 aromatic carbocycles. The summed E-state index contributed by atoms with van der Waals surface area (Å²) in [6.45, 7) is 2.32. The maximum atomic E-state index is 13.8. The molecule has 0 unspecified atom stereocenters. The van der Waals surface area contributed by atoms with Gasteiger partial charge in [0.25, 0.3) is 0 Å². The average Bonchev–Trinajstić information content (AvgIpc) is 2.77. The third-order valence-electron chi connectivity index (χ3n) is 5.32. The predicted octanol–water partition coefficient (Wildman–Crippen LogP) is 2.66. The van der Waals surface area contributed by atoms with Gasteiger partial charge in [0, 0.05) is 17.6 Å². The molecule has 33 heavy (non-hydrogen) atoms. The minimum Gasteiger partial charge on any atom is -0.497 e. The molecule has 0 spiro atoms. The average molecular weight is 462 g/mol. The Bertz CT molecular complexity index is 1280. The van der Waals surface area contributed by atoms with Gasteiger partial charge in [-0.2, -0.15) is 4.98 Å². The second-order valence-electron chi connectivity index (χ2n) is 8.20. The summed E-state index contributed by atoms with van der Waals surface area (Å²) in [7, 11) is 1.51. The van der Waals surface area contributed by atoms with Gasteiger partial charge in [-0.1, -0.05) is 6.92 Å². The number of anilines is 2. The van der Waals surface area contributed by atoms with Crippen molar-refractivity contribution in [3.05, 3.63) is 80.4 Å². The molecule has 0 radical (unpaired) electrons. The van der Waals surface area contributed by atoms with Crippen LogP contribution in [0.5, 0.6) is 5.75 Å². The lowest BCUT2D eigenvalue weighted by molar-refractivity contribution is -0.111. The van der Waals surface area contributed by atoms with Crippen molar-refractivity contribution in [2.24, 2.45) is 5.41 Å². The second kappa shape index (κ2) is 8.74. The van der Waals surface area contributed by atoms with Crippen molar-refractivity contribution in [2.75, 3.05) is 25.6 Å². The smallest absolute Gasteiger partial charge is 0.354 e. The molecule has 174 valence electrons. The Balaban J connectivity index is 1.78. The van der Waals surface area contributed by atoms with Crippen LogP contribution >= 0.6 is 0 Å². The first-order valence-corrected chi connectivity index (χ1v) is 10.0. The highest BCUT2D eigenvalue weighted by Crippen LogP contribution is 2.27. The van der Waals surface area contributed by atoms with Gasteiger partial charge in [-0.3, -0.25) is 4.57 Å². The lowest BCUT2D eigenvalue weighted by atomic mass is 9.89. The Hall–Kier alpha value is -3.60. The van der Waals surface area contributed by atoms with Gasteiger partial charge in [0.2, 0.25) is 5.95 Å². The maximum Gasteiger partial charge on any atom is 0.354 e. The van der Waals surface area contributed by atoms with Crippen LogP contribution in [0.25, 0.3) is 0 Å². The van der Waals surface area contributed by atoms with E-state index in [-0.39, 0.29) is 24.6 Å². The lowest BCUT2D eigenvalue weighted by Crippen LogP contribution is -2.51. The van der Waals surface area contributed by atoms with Crippen molar-refractivity contribution in [2.45, 2.75) is 20.0 Å². The standard InChI is InChI=1S/C22H21F3N4O4/c1-22(11-33-12-22)10-29-20(30)27-19(26-14-3-5-15(32-2)6-4-14)28(21(29)31)9-13-7-16(23)18(25)17(24)8-13/h3-8H,9-12H2,1-2H3,(H,26,27,30). The second-order valence-corrected chi connectivity index (χ2v) is 8.20. The Morgan fingerprint density at radius 2 is 1.73 bits per heavy atom. The molecule has 0 bridgehead atoms.